The number of rotatable bonds is 5. The zero-order valence-corrected chi connectivity index (χ0v) is 9.46. The van der Waals surface area contributed by atoms with E-state index in [4.69, 9.17) is 0 Å². The van der Waals surface area contributed by atoms with Gasteiger partial charge in [-0.05, 0) is 44.6 Å². The fraction of sp³-hybridized carbons (Fsp3) is 1.00. The lowest BCUT2D eigenvalue weighted by Gasteiger charge is -2.14. The van der Waals surface area contributed by atoms with Gasteiger partial charge in [-0.1, -0.05) is 6.42 Å². The molecule has 1 unspecified atom stereocenters. The first kappa shape index (κ1) is 11.3. The Hall–Kier alpha value is 0.270. The van der Waals surface area contributed by atoms with Gasteiger partial charge < -0.3 is 10.6 Å². The maximum atomic E-state index is 3.52. The first-order valence-electron chi connectivity index (χ1n) is 5.34. The van der Waals surface area contributed by atoms with Crippen molar-refractivity contribution in [3.8, 4) is 0 Å². The monoisotopic (exact) mass is 202 g/mol. The summed E-state index contributed by atoms with van der Waals surface area (Å²) in [6.07, 6.45) is 6.33. The lowest BCUT2D eigenvalue weighted by Crippen LogP contribution is -2.30. The van der Waals surface area contributed by atoms with Crippen LogP contribution in [0.2, 0.25) is 0 Å². The normalized spacial score (nSPS) is 24.2. The smallest absolute Gasteiger partial charge is 0.00553 e. The maximum absolute atomic E-state index is 3.52. The van der Waals surface area contributed by atoms with Crippen LogP contribution in [0.25, 0.3) is 0 Å². The van der Waals surface area contributed by atoms with Crippen LogP contribution in [0.5, 0.6) is 0 Å². The van der Waals surface area contributed by atoms with Crippen LogP contribution in [0.15, 0.2) is 0 Å². The van der Waals surface area contributed by atoms with Crippen molar-refractivity contribution in [1.82, 2.24) is 10.6 Å². The van der Waals surface area contributed by atoms with E-state index in [9.17, 15) is 0 Å². The van der Waals surface area contributed by atoms with Crippen LogP contribution in [0, 0.1) is 5.92 Å². The molecule has 0 aromatic rings. The van der Waals surface area contributed by atoms with E-state index < -0.39 is 0 Å². The van der Waals surface area contributed by atoms with Crippen LogP contribution in [-0.4, -0.2) is 38.2 Å². The van der Waals surface area contributed by atoms with Gasteiger partial charge in [-0.3, -0.25) is 0 Å². The van der Waals surface area contributed by atoms with E-state index in [-0.39, 0.29) is 0 Å². The summed E-state index contributed by atoms with van der Waals surface area (Å²) in [5.74, 6) is 2.10. The van der Waals surface area contributed by atoms with Crippen molar-refractivity contribution >= 4 is 11.8 Å². The maximum Gasteiger partial charge on any atom is 0.00553 e. The van der Waals surface area contributed by atoms with E-state index in [1.165, 1.54) is 44.6 Å². The van der Waals surface area contributed by atoms with Gasteiger partial charge in [0.25, 0.3) is 0 Å². The molecule has 0 aromatic carbocycles. The molecule has 1 aliphatic heterocycles. The summed E-state index contributed by atoms with van der Waals surface area (Å²) in [7, 11) is 0. The molecule has 0 aliphatic carbocycles. The minimum atomic E-state index is 0.865. The molecule has 1 rings (SSSR count). The van der Waals surface area contributed by atoms with E-state index in [0.717, 1.165) is 12.5 Å². The summed E-state index contributed by atoms with van der Waals surface area (Å²) in [5.41, 5.74) is 0. The van der Waals surface area contributed by atoms with Gasteiger partial charge in [-0.15, -0.1) is 0 Å². The highest BCUT2D eigenvalue weighted by Gasteiger charge is 2.10. The molecular formula is C10H22N2S. The number of hydrogen-bond acceptors (Lipinski definition) is 3. The zero-order chi connectivity index (χ0) is 9.36. The van der Waals surface area contributed by atoms with Crippen molar-refractivity contribution < 1.29 is 0 Å². The highest BCUT2D eigenvalue weighted by molar-refractivity contribution is 7.98. The van der Waals surface area contributed by atoms with E-state index in [1.807, 2.05) is 11.8 Å². The molecule has 1 heterocycles. The van der Waals surface area contributed by atoms with Crippen LogP contribution in [0.3, 0.4) is 0 Å². The Labute approximate surface area is 86.2 Å². The summed E-state index contributed by atoms with van der Waals surface area (Å²) in [6, 6.07) is 0. The van der Waals surface area contributed by atoms with Crippen LogP contribution in [0.1, 0.15) is 19.3 Å². The third kappa shape index (κ3) is 5.55. The number of nitrogens with one attached hydrogen (secondary N) is 2. The first-order chi connectivity index (χ1) is 6.43. The van der Waals surface area contributed by atoms with Crippen molar-refractivity contribution in [3.63, 3.8) is 0 Å². The Morgan fingerprint density at radius 3 is 3.23 bits per heavy atom. The SMILES string of the molecule is CSCCNCC1CCCCNC1. The minimum absolute atomic E-state index is 0.865. The topological polar surface area (TPSA) is 24.1 Å². The molecule has 13 heavy (non-hydrogen) atoms. The molecule has 1 aliphatic rings. The highest BCUT2D eigenvalue weighted by Crippen LogP contribution is 2.09. The van der Waals surface area contributed by atoms with Crippen molar-refractivity contribution in [1.29, 1.82) is 0 Å². The quantitative estimate of drug-likeness (QED) is 0.658. The molecule has 0 saturated carbocycles. The Morgan fingerprint density at radius 1 is 1.46 bits per heavy atom. The van der Waals surface area contributed by atoms with Gasteiger partial charge in [0.05, 0.1) is 0 Å². The Kier molecular flexibility index (Phi) is 6.68. The van der Waals surface area contributed by atoms with Crippen LogP contribution < -0.4 is 10.6 Å². The van der Waals surface area contributed by atoms with Crippen molar-refractivity contribution in [3.05, 3.63) is 0 Å². The fourth-order valence-corrected chi connectivity index (χ4v) is 2.09. The Bertz CT molecular complexity index is 111. The van der Waals surface area contributed by atoms with Crippen molar-refractivity contribution in [2.45, 2.75) is 19.3 Å². The summed E-state index contributed by atoms with van der Waals surface area (Å²) in [4.78, 5) is 0. The van der Waals surface area contributed by atoms with Gasteiger partial charge >= 0.3 is 0 Å². The van der Waals surface area contributed by atoms with Gasteiger partial charge in [-0.2, -0.15) is 11.8 Å². The molecule has 0 bridgehead atoms. The fourth-order valence-electron chi connectivity index (χ4n) is 1.75. The second-order valence-electron chi connectivity index (χ2n) is 3.76. The van der Waals surface area contributed by atoms with Gasteiger partial charge in [0, 0.05) is 12.3 Å². The Morgan fingerprint density at radius 2 is 2.38 bits per heavy atom. The van der Waals surface area contributed by atoms with Gasteiger partial charge in [0.1, 0.15) is 0 Å². The molecule has 2 N–H and O–H groups in total. The van der Waals surface area contributed by atoms with E-state index in [0.29, 0.717) is 0 Å². The van der Waals surface area contributed by atoms with Gasteiger partial charge in [-0.25, -0.2) is 0 Å². The molecule has 78 valence electrons. The van der Waals surface area contributed by atoms with Crippen LogP contribution in [-0.2, 0) is 0 Å². The molecule has 0 aromatic heterocycles. The first-order valence-corrected chi connectivity index (χ1v) is 6.73. The number of hydrogen-bond donors (Lipinski definition) is 2. The molecule has 0 spiro atoms. The third-order valence-corrected chi connectivity index (χ3v) is 3.18. The van der Waals surface area contributed by atoms with Crippen LogP contribution >= 0.6 is 11.8 Å². The highest BCUT2D eigenvalue weighted by atomic mass is 32.2. The lowest BCUT2D eigenvalue weighted by atomic mass is 10.0. The van der Waals surface area contributed by atoms with Gasteiger partial charge in [0.2, 0.25) is 0 Å². The third-order valence-electron chi connectivity index (χ3n) is 2.56. The van der Waals surface area contributed by atoms with Crippen molar-refractivity contribution in [2.24, 2.45) is 5.92 Å². The second kappa shape index (κ2) is 7.65. The average molecular weight is 202 g/mol. The molecule has 1 fully saturated rings. The summed E-state index contributed by atoms with van der Waals surface area (Å²) < 4.78 is 0. The summed E-state index contributed by atoms with van der Waals surface area (Å²) in [5, 5.41) is 7.02. The molecule has 0 amide bonds. The molecule has 0 radical (unpaired) electrons. The number of thioether (sulfide) groups is 1. The van der Waals surface area contributed by atoms with E-state index in [1.54, 1.807) is 0 Å². The second-order valence-corrected chi connectivity index (χ2v) is 4.75. The molecule has 3 heteroatoms. The molecular weight excluding hydrogens is 180 g/mol. The van der Waals surface area contributed by atoms with Gasteiger partial charge in [0.15, 0.2) is 0 Å². The predicted octanol–water partition coefficient (Wildman–Crippen LogP) is 1.33. The predicted molar refractivity (Wildman–Crippen MR) is 61.5 cm³/mol. The Balaban J connectivity index is 1.98. The molecule has 1 atom stereocenters. The summed E-state index contributed by atoms with van der Waals surface area (Å²) in [6.45, 7) is 4.80. The summed E-state index contributed by atoms with van der Waals surface area (Å²) >= 11 is 1.91. The van der Waals surface area contributed by atoms with Crippen molar-refractivity contribution in [2.75, 3.05) is 38.2 Å². The van der Waals surface area contributed by atoms with E-state index in [2.05, 4.69) is 16.9 Å². The average Bonchev–Trinajstić information content (AvgIpc) is 2.41. The van der Waals surface area contributed by atoms with E-state index >= 15 is 0 Å². The largest absolute Gasteiger partial charge is 0.316 e. The van der Waals surface area contributed by atoms with Crippen LogP contribution in [0.4, 0.5) is 0 Å². The lowest BCUT2D eigenvalue weighted by molar-refractivity contribution is 0.448. The minimum Gasteiger partial charge on any atom is -0.316 e. The standard InChI is InChI=1S/C10H22N2S/c1-13-7-6-12-9-10-4-2-3-5-11-8-10/h10-12H,2-9H2,1H3. The zero-order valence-electron chi connectivity index (χ0n) is 8.64. The molecule has 1 saturated heterocycles. The molecule has 2 nitrogen and oxygen atoms in total.